The van der Waals surface area contributed by atoms with Crippen LogP contribution >= 0.6 is 0 Å². The summed E-state index contributed by atoms with van der Waals surface area (Å²) in [5.41, 5.74) is 1.95. The van der Waals surface area contributed by atoms with Gasteiger partial charge in [0.05, 0.1) is 16.6 Å². The minimum absolute atomic E-state index is 0.122. The van der Waals surface area contributed by atoms with Crippen LogP contribution in [0, 0.1) is 11.8 Å². The van der Waals surface area contributed by atoms with Gasteiger partial charge in [0.1, 0.15) is 17.2 Å². The molecule has 4 rings (SSSR count). The van der Waals surface area contributed by atoms with E-state index in [9.17, 15) is 9.59 Å². The van der Waals surface area contributed by atoms with Crippen molar-refractivity contribution in [3.05, 3.63) is 101 Å². The van der Waals surface area contributed by atoms with E-state index in [2.05, 4.69) is 16.8 Å². The first kappa shape index (κ1) is 19.7. The largest absolute Gasteiger partial charge is 0.478 e. The Morgan fingerprint density at radius 1 is 0.742 bits per heavy atom. The van der Waals surface area contributed by atoms with Crippen LogP contribution in [0.25, 0.3) is 10.9 Å². The number of hydrogen-bond donors (Lipinski definition) is 2. The third-order valence-electron chi connectivity index (χ3n) is 4.42. The van der Waals surface area contributed by atoms with E-state index >= 15 is 0 Å². The summed E-state index contributed by atoms with van der Waals surface area (Å²) in [6, 6.07) is 22.1. The number of para-hydroxylation sites is 1. The number of pyridine rings is 1. The number of nitrogens with zero attached hydrogens (tertiary/aromatic N) is 1. The van der Waals surface area contributed by atoms with Crippen LogP contribution in [-0.2, 0) is 0 Å². The fourth-order valence-corrected chi connectivity index (χ4v) is 2.92. The molecule has 0 aliphatic rings. The Kier molecular flexibility index (Phi) is 5.33. The number of aromatic nitrogens is 1. The second-order valence-electron chi connectivity index (χ2n) is 6.62. The number of benzene rings is 3. The molecule has 0 radical (unpaired) electrons. The summed E-state index contributed by atoms with van der Waals surface area (Å²) in [5, 5.41) is 19.4. The molecule has 0 atom stereocenters. The van der Waals surface area contributed by atoms with Crippen molar-refractivity contribution >= 4 is 22.8 Å². The number of fused-ring (bicyclic) bond motifs is 1. The summed E-state index contributed by atoms with van der Waals surface area (Å²) < 4.78 is 5.64. The lowest BCUT2D eigenvalue weighted by molar-refractivity contribution is 0.0696. The third-order valence-corrected chi connectivity index (χ3v) is 4.42. The van der Waals surface area contributed by atoms with Gasteiger partial charge in [-0.1, -0.05) is 30.2 Å². The van der Waals surface area contributed by atoms with Gasteiger partial charge >= 0.3 is 11.9 Å². The molecule has 1 aromatic heterocycles. The number of aromatic carboxylic acids is 2. The SMILES string of the molecule is O=C(O)c1cc(Oc2ccc(C#Cc3ccc4ccccc4n3)cc2)cc(C(=O)O)c1. The predicted octanol–water partition coefficient (Wildman–Crippen LogP) is 4.82. The molecule has 31 heavy (non-hydrogen) atoms. The molecule has 0 spiro atoms. The van der Waals surface area contributed by atoms with Crippen molar-refractivity contribution in [2.75, 3.05) is 0 Å². The Labute approximate surface area is 177 Å². The first-order valence-electron chi connectivity index (χ1n) is 9.25. The van der Waals surface area contributed by atoms with Crippen LogP contribution in [-0.4, -0.2) is 27.1 Å². The van der Waals surface area contributed by atoms with E-state index in [-0.39, 0.29) is 16.9 Å². The lowest BCUT2D eigenvalue weighted by Crippen LogP contribution is -2.03. The number of carbonyl (C=O) groups is 2. The molecule has 0 unspecified atom stereocenters. The molecule has 4 aromatic rings. The molecule has 0 saturated carbocycles. The van der Waals surface area contributed by atoms with E-state index in [1.807, 2.05) is 36.4 Å². The zero-order valence-corrected chi connectivity index (χ0v) is 16.1. The van der Waals surface area contributed by atoms with Crippen molar-refractivity contribution in [1.29, 1.82) is 0 Å². The topological polar surface area (TPSA) is 96.7 Å². The first-order chi connectivity index (χ1) is 15.0. The Hall–Kier alpha value is -4.63. The van der Waals surface area contributed by atoms with Crippen molar-refractivity contribution in [1.82, 2.24) is 4.98 Å². The monoisotopic (exact) mass is 409 g/mol. The van der Waals surface area contributed by atoms with Crippen LogP contribution in [0.3, 0.4) is 0 Å². The average molecular weight is 409 g/mol. The summed E-state index contributed by atoms with van der Waals surface area (Å²) in [5.74, 6) is 4.15. The Morgan fingerprint density at radius 3 is 2.10 bits per heavy atom. The fourth-order valence-electron chi connectivity index (χ4n) is 2.92. The van der Waals surface area contributed by atoms with Gasteiger partial charge in [0.15, 0.2) is 0 Å². The van der Waals surface area contributed by atoms with Gasteiger partial charge in [-0.15, -0.1) is 0 Å². The number of rotatable bonds is 4. The van der Waals surface area contributed by atoms with Gasteiger partial charge in [0, 0.05) is 10.9 Å². The van der Waals surface area contributed by atoms with Crippen LogP contribution in [0.1, 0.15) is 32.0 Å². The Balaban J connectivity index is 1.53. The van der Waals surface area contributed by atoms with Crippen molar-refractivity contribution in [2.45, 2.75) is 0 Å². The van der Waals surface area contributed by atoms with Gasteiger partial charge in [-0.3, -0.25) is 0 Å². The zero-order valence-electron chi connectivity index (χ0n) is 16.1. The smallest absolute Gasteiger partial charge is 0.335 e. The van der Waals surface area contributed by atoms with Gasteiger partial charge in [0.2, 0.25) is 0 Å². The summed E-state index contributed by atoms with van der Waals surface area (Å²) in [4.78, 5) is 26.9. The molecule has 0 bridgehead atoms. The van der Waals surface area contributed by atoms with E-state index < -0.39 is 11.9 Å². The normalized spacial score (nSPS) is 10.2. The molecule has 0 aliphatic carbocycles. The van der Waals surface area contributed by atoms with Crippen LogP contribution < -0.4 is 4.74 Å². The minimum Gasteiger partial charge on any atom is -0.478 e. The van der Waals surface area contributed by atoms with E-state index in [0.29, 0.717) is 11.4 Å². The van der Waals surface area contributed by atoms with Crippen molar-refractivity contribution in [3.63, 3.8) is 0 Å². The molecule has 0 saturated heterocycles. The van der Waals surface area contributed by atoms with Crippen molar-refractivity contribution < 1.29 is 24.5 Å². The number of ether oxygens (including phenoxy) is 1. The van der Waals surface area contributed by atoms with Gasteiger partial charge in [0.25, 0.3) is 0 Å². The second-order valence-corrected chi connectivity index (χ2v) is 6.62. The number of carboxylic acids is 2. The standard InChI is InChI=1S/C25H15NO5/c27-24(28)18-13-19(25(29)30)15-22(14-18)31-21-11-6-16(7-12-21)5-9-20-10-8-17-3-1-2-4-23(17)26-20/h1-4,6-8,10-15H,(H,27,28)(H,29,30). The van der Waals surface area contributed by atoms with Gasteiger partial charge in [-0.25, -0.2) is 14.6 Å². The summed E-state index contributed by atoms with van der Waals surface area (Å²) in [7, 11) is 0. The highest BCUT2D eigenvalue weighted by Gasteiger charge is 2.12. The average Bonchev–Trinajstić information content (AvgIpc) is 2.78. The van der Waals surface area contributed by atoms with Gasteiger partial charge < -0.3 is 14.9 Å². The van der Waals surface area contributed by atoms with E-state index in [1.54, 1.807) is 24.3 Å². The molecule has 2 N–H and O–H groups in total. The molecule has 0 aliphatic heterocycles. The number of hydrogen-bond acceptors (Lipinski definition) is 4. The molecule has 1 heterocycles. The number of carboxylic acid groups (broad SMARTS) is 2. The van der Waals surface area contributed by atoms with E-state index in [0.717, 1.165) is 22.5 Å². The summed E-state index contributed by atoms with van der Waals surface area (Å²) in [6.07, 6.45) is 0. The van der Waals surface area contributed by atoms with E-state index in [1.165, 1.54) is 12.1 Å². The third kappa shape index (κ3) is 4.69. The summed E-state index contributed by atoms with van der Waals surface area (Å²) >= 11 is 0. The maximum atomic E-state index is 11.2. The zero-order chi connectivity index (χ0) is 21.8. The van der Waals surface area contributed by atoms with Crippen molar-refractivity contribution in [3.8, 4) is 23.3 Å². The molecule has 6 heteroatoms. The lowest BCUT2D eigenvalue weighted by Gasteiger charge is -2.08. The minimum atomic E-state index is -1.24. The fraction of sp³-hybridized carbons (Fsp3) is 0. The highest BCUT2D eigenvalue weighted by Crippen LogP contribution is 2.25. The highest BCUT2D eigenvalue weighted by molar-refractivity contribution is 5.94. The Morgan fingerprint density at radius 2 is 1.42 bits per heavy atom. The molecular weight excluding hydrogens is 394 g/mol. The van der Waals surface area contributed by atoms with Gasteiger partial charge in [-0.2, -0.15) is 0 Å². The second kappa shape index (κ2) is 8.39. The first-order valence-corrected chi connectivity index (χ1v) is 9.25. The van der Waals surface area contributed by atoms with Crippen LogP contribution in [0.4, 0.5) is 0 Å². The molecule has 6 nitrogen and oxygen atoms in total. The lowest BCUT2D eigenvalue weighted by atomic mass is 10.1. The molecular formula is C25H15NO5. The maximum absolute atomic E-state index is 11.2. The van der Waals surface area contributed by atoms with Crippen LogP contribution in [0.2, 0.25) is 0 Å². The molecule has 0 fully saturated rings. The maximum Gasteiger partial charge on any atom is 0.335 e. The van der Waals surface area contributed by atoms with Crippen LogP contribution in [0.15, 0.2) is 78.9 Å². The van der Waals surface area contributed by atoms with Crippen LogP contribution in [0.5, 0.6) is 11.5 Å². The summed E-state index contributed by atoms with van der Waals surface area (Å²) in [6.45, 7) is 0. The Bertz CT molecular complexity index is 1330. The quantitative estimate of drug-likeness (QED) is 0.469. The predicted molar refractivity (Wildman–Crippen MR) is 115 cm³/mol. The highest BCUT2D eigenvalue weighted by atomic mass is 16.5. The van der Waals surface area contributed by atoms with Crippen molar-refractivity contribution in [2.24, 2.45) is 0 Å². The molecule has 0 amide bonds. The van der Waals surface area contributed by atoms with E-state index in [4.69, 9.17) is 14.9 Å². The molecule has 3 aromatic carbocycles. The molecule has 150 valence electrons. The van der Waals surface area contributed by atoms with Gasteiger partial charge in [-0.05, 0) is 60.5 Å².